The fourth-order valence-electron chi connectivity index (χ4n) is 3.12. The molecule has 0 aliphatic heterocycles. The Balaban J connectivity index is 0.000000553. The molecule has 0 amide bonds. The highest BCUT2D eigenvalue weighted by Gasteiger charge is 2.12. The smallest absolute Gasteiger partial charge is 0.0107 e. The molecule has 2 aromatic rings. The summed E-state index contributed by atoms with van der Waals surface area (Å²) in [6.07, 6.45) is 2.39. The average molecular weight is 431 g/mol. The molecule has 0 bridgehead atoms. The zero-order valence-corrected chi connectivity index (χ0v) is 20.2. The molecule has 0 radical (unpaired) electrons. The standard InChI is InChI=1S/C20H29N2P.C5H14N2/c1-3-22(4-2)17-15-21-16-18-23(19-11-7-5-8-12-19)20-13-9-6-10-14-20;1-2-4-7-5-3-6/h5-14,21H,3-4,15-18H2,1-2H3;7H,2-6H2,1H3. The summed E-state index contributed by atoms with van der Waals surface area (Å²) in [5.74, 6) is 0. The fourth-order valence-corrected chi connectivity index (χ4v) is 5.38. The molecule has 0 aliphatic rings. The Morgan fingerprint density at radius 3 is 1.73 bits per heavy atom. The van der Waals surface area contributed by atoms with Crippen LogP contribution < -0.4 is 27.0 Å². The predicted molar refractivity (Wildman–Crippen MR) is 137 cm³/mol. The lowest BCUT2D eigenvalue weighted by Gasteiger charge is -2.21. The Hall–Kier alpha value is -1.29. The SMILES string of the molecule is CCCNCCN.CCN(CC)CCNCCP(c1ccccc1)c1ccccc1. The summed E-state index contributed by atoms with van der Waals surface area (Å²) in [6.45, 7) is 15.0. The van der Waals surface area contributed by atoms with Crippen LogP contribution in [0.3, 0.4) is 0 Å². The molecule has 0 saturated carbocycles. The number of hydrogen-bond donors (Lipinski definition) is 3. The summed E-state index contributed by atoms with van der Waals surface area (Å²) < 4.78 is 0. The number of nitrogens with two attached hydrogens (primary N) is 1. The molecule has 0 heterocycles. The van der Waals surface area contributed by atoms with Gasteiger partial charge in [0.2, 0.25) is 0 Å². The van der Waals surface area contributed by atoms with Crippen LogP contribution in [-0.2, 0) is 0 Å². The van der Waals surface area contributed by atoms with Crippen LogP contribution in [0.1, 0.15) is 27.2 Å². The topological polar surface area (TPSA) is 53.3 Å². The van der Waals surface area contributed by atoms with Gasteiger partial charge in [-0.3, -0.25) is 0 Å². The lowest BCUT2D eigenvalue weighted by molar-refractivity contribution is 0.303. The number of nitrogens with zero attached hydrogens (tertiary/aromatic N) is 1. The van der Waals surface area contributed by atoms with Gasteiger partial charge in [-0.15, -0.1) is 0 Å². The van der Waals surface area contributed by atoms with Crippen molar-refractivity contribution in [1.82, 2.24) is 15.5 Å². The summed E-state index contributed by atoms with van der Waals surface area (Å²) in [4.78, 5) is 2.46. The first-order valence-corrected chi connectivity index (χ1v) is 13.0. The minimum atomic E-state index is -0.266. The van der Waals surface area contributed by atoms with Gasteiger partial charge in [0.25, 0.3) is 0 Å². The van der Waals surface area contributed by atoms with Gasteiger partial charge < -0.3 is 21.3 Å². The number of likely N-dealkylation sites (N-methyl/N-ethyl adjacent to an activating group) is 1. The van der Waals surface area contributed by atoms with Gasteiger partial charge in [-0.05, 0) is 57.3 Å². The van der Waals surface area contributed by atoms with Gasteiger partial charge in [-0.1, -0.05) is 81.4 Å². The molecule has 2 rings (SSSR count). The monoisotopic (exact) mass is 430 g/mol. The Morgan fingerprint density at radius 1 is 0.733 bits per heavy atom. The van der Waals surface area contributed by atoms with Crippen molar-refractivity contribution in [2.45, 2.75) is 27.2 Å². The van der Waals surface area contributed by atoms with Crippen LogP contribution >= 0.6 is 7.92 Å². The highest BCUT2D eigenvalue weighted by Crippen LogP contribution is 2.32. The van der Waals surface area contributed by atoms with E-state index in [2.05, 4.69) is 97.0 Å². The predicted octanol–water partition coefficient (Wildman–Crippen LogP) is 3.00. The van der Waals surface area contributed by atoms with Gasteiger partial charge in [0.05, 0.1) is 0 Å². The lowest BCUT2D eigenvalue weighted by atomic mass is 10.4. The number of nitrogens with one attached hydrogen (secondary N) is 2. The minimum absolute atomic E-state index is 0.266. The van der Waals surface area contributed by atoms with Crippen LogP contribution in [0.4, 0.5) is 0 Å². The van der Waals surface area contributed by atoms with E-state index in [1.165, 1.54) is 23.2 Å². The molecule has 0 spiro atoms. The van der Waals surface area contributed by atoms with E-state index in [0.717, 1.165) is 52.4 Å². The highest BCUT2D eigenvalue weighted by atomic mass is 31.1. The van der Waals surface area contributed by atoms with Gasteiger partial charge in [0.15, 0.2) is 0 Å². The molecule has 30 heavy (non-hydrogen) atoms. The molecule has 4 N–H and O–H groups in total. The second kappa shape index (κ2) is 18.5. The first-order valence-electron chi connectivity index (χ1n) is 11.5. The van der Waals surface area contributed by atoms with Crippen LogP contribution in [0.15, 0.2) is 60.7 Å². The van der Waals surface area contributed by atoms with Crippen molar-refractivity contribution in [2.75, 3.05) is 58.5 Å². The largest absolute Gasteiger partial charge is 0.329 e. The highest BCUT2D eigenvalue weighted by molar-refractivity contribution is 7.73. The van der Waals surface area contributed by atoms with Crippen molar-refractivity contribution in [2.24, 2.45) is 5.73 Å². The summed E-state index contributed by atoms with van der Waals surface area (Å²) in [5, 5.41) is 9.73. The summed E-state index contributed by atoms with van der Waals surface area (Å²) in [5.41, 5.74) is 5.21. The van der Waals surface area contributed by atoms with Crippen molar-refractivity contribution in [3.05, 3.63) is 60.7 Å². The molecule has 0 unspecified atom stereocenters. The number of hydrogen-bond acceptors (Lipinski definition) is 4. The second-order valence-corrected chi connectivity index (χ2v) is 9.47. The lowest BCUT2D eigenvalue weighted by Crippen LogP contribution is -2.33. The van der Waals surface area contributed by atoms with Gasteiger partial charge in [0, 0.05) is 26.2 Å². The summed E-state index contributed by atoms with van der Waals surface area (Å²) in [7, 11) is -0.266. The Bertz CT molecular complexity index is 562. The average Bonchev–Trinajstić information content (AvgIpc) is 2.81. The summed E-state index contributed by atoms with van der Waals surface area (Å²) in [6, 6.07) is 21.9. The molecular formula is C25H43N4P. The van der Waals surface area contributed by atoms with Crippen molar-refractivity contribution in [1.29, 1.82) is 0 Å². The van der Waals surface area contributed by atoms with E-state index in [-0.39, 0.29) is 7.92 Å². The van der Waals surface area contributed by atoms with Gasteiger partial charge in [0.1, 0.15) is 0 Å². The van der Waals surface area contributed by atoms with E-state index >= 15 is 0 Å². The first kappa shape index (κ1) is 26.7. The third-order valence-corrected chi connectivity index (χ3v) is 7.41. The first-order chi connectivity index (χ1) is 14.8. The van der Waals surface area contributed by atoms with Crippen LogP contribution in [0.2, 0.25) is 0 Å². The van der Waals surface area contributed by atoms with Gasteiger partial charge >= 0.3 is 0 Å². The van der Waals surface area contributed by atoms with E-state index < -0.39 is 0 Å². The fraction of sp³-hybridized carbons (Fsp3) is 0.520. The molecule has 168 valence electrons. The third kappa shape index (κ3) is 11.8. The van der Waals surface area contributed by atoms with Crippen molar-refractivity contribution in [3.63, 3.8) is 0 Å². The zero-order chi connectivity index (χ0) is 21.9. The molecular weight excluding hydrogens is 387 g/mol. The van der Waals surface area contributed by atoms with Crippen LogP contribution in [0, 0.1) is 0 Å². The molecule has 0 aliphatic carbocycles. The van der Waals surface area contributed by atoms with E-state index in [9.17, 15) is 0 Å². The Morgan fingerprint density at radius 2 is 1.27 bits per heavy atom. The van der Waals surface area contributed by atoms with E-state index in [1.807, 2.05) is 0 Å². The maximum atomic E-state index is 5.21. The maximum absolute atomic E-state index is 5.21. The van der Waals surface area contributed by atoms with Crippen LogP contribution in [-0.4, -0.2) is 63.4 Å². The van der Waals surface area contributed by atoms with E-state index in [1.54, 1.807) is 0 Å². The zero-order valence-electron chi connectivity index (χ0n) is 19.3. The molecule has 4 nitrogen and oxygen atoms in total. The van der Waals surface area contributed by atoms with Crippen molar-refractivity contribution in [3.8, 4) is 0 Å². The third-order valence-electron chi connectivity index (χ3n) is 4.90. The molecule has 5 heteroatoms. The van der Waals surface area contributed by atoms with E-state index in [0.29, 0.717) is 0 Å². The van der Waals surface area contributed by atoms with E-state index in [4.69, 9.17) is 5.73 Å². The van der Waals surface area contributed by atoms with Gasteiger partial charge in [-0.25, -0.2) is 0 Å². The van der Waals surface area contributed by atoms with Gasteiger partial charge in [-0.2, -0.15) is 0 Å². The summed E-state index contributed by atoms with van der Waals surface area (Å²) >= 11 is 0. The quantitative estimate of drug-likeness (QED) is 0.319. The molecule has 0 atom stereocenters. The molecule has 2 aromatic carbocycles. The van der Waals surface area contributed by atoms with Crippen LogP contribution in [0.25, 0.3) is 0 Å². The van der Waals surface area contributed by atoms with Crippen molar-refractivity contribution < 1.29 is 0 Å². The molecule has 0 saturated heterocycles. The minimum Gasteiger partial charge on any atom is -0.329 e. The number of benzene rings is 2. The Labute approximate surface area is 186 Å². The normalized spacial score (nSPS) is 10.9. The molecule has 0 fully saturated rings. The molecule has 0 aromatic heterocycles. The Kier molecular flexibility index (Phi) is 16.5. The number of rotatable bonds is 14. The van der Waals surface area contributed by atoms with Crippen molar-refractivity contribution >= 4 is 18.5 Å². The second-order valence-electron chi connectivity index (χ2n) is 7.14. The maximum Gasteiger partial charge on any atom is 0.0107 e. The van der Waals surface area contributed by atoms with Crippen LogP contribution in [0.5, 0.6) is 0 Å².